The molecule has 2 N–H and O–H groups in total. The van der Waals surface area contributed by atoms with Gasteiger partial charge in [0.05, 0.1) is 10.7 Å². The maximum Gasteiger partial charge on any atom is 0.105 e. The van der Waals surface area contributed by atoms with E-state index in [9.17, 15) is 0 Å². The van der Waals surface area contributed by atoms with Crippen molar-refractivity contribution >= 4 is 17.0 Å². The number of nitrogen functional groups attached to an aromatic ring is 1. The van der Waals surface area contributed by atoms with Gasteiger partial charge in [-0.1, -0.05) is 12.1 Å². The monoisotopic (exact) mass is 284 g/mol. The first-order valence-corrected chi connectivity index (χ1v) is 7.38. The largest absolute Gasteiger partial charge is 0.399 e. The molecule has 1 aromatic carbocycles. The van der Waals surface area contributed by atoms with E-state index in [2.05, 4.69) is 19.9 Å². The van der Waals surface area contributed by atoms with Gasteiger partial charge in [0.2, 0.25) is 0 Å². The van der Waals surface area contributed by atoms with Gasteiger partial charge in [-0.25, -0.2) is 9.97 Å². The standard InChI is InChI=1S/C15H16N4S/c1-11-17-7-9-19(11)8-6-15-18-14(10-20-15)12-2-4-13(16)5-3-12/h2-5,7,9-10H,6,8,16H2,1H3. The number of aryl methyl sites for hydroxylation is 3. The van der Waals surface area contributed by atoms with E-state index in [4.69, 9.17) is 5.73 Å². The molecule has 0 aliphatic rings. The molecule has 0 spiro atoms. The Labute approximate surface area is 121 Å². The molecule has 4 nitrogen and oxygen atoms in total. The molecule has 0 fully saturated rings. The zero-order valence-corrected chi connectivity index (χ0v) is 12.1. The lowest BCUT2D eigenvalue weighted by Gasteiger charge is -2.02. The second-order valence-electron chi connectivity index (χ2n) is 4.67. The first-order chi connectivity index (χ1) is 9.72. The van der Waals surface area contributed by atoms with E-state index < -0.39 is 0 Å². The predicted octanol–water partition coefficient (Wildman–Crippen LogP) is 3.14. The molecule has 0 radical (unpaired) electrons. The van der Waals surface area contributed by atoms with Crippen LogP contribution in [-0.2, 0) is 13.0 Å². The topological polar surface area (TPSA) is 56.7 Å². The molecule has 0 unspecified atom stereocenters. The van der Waals surface area contributed by atoms with Crippen molar-refractivity contribution in [2.75, 3.05) is 5.73 Å². The molecule has 0 saturated heterocycles. The van der Waals surface area contributed by atoms with Crippen molar-refractivity contribution < 1.29 is 0 Å². The normalized spacial score (nSPS) is 10.8. The summed E-state index contributed by atoms with van der Waals surface area (Å²) in [6.07, 6.45) is 4.76. The minimum Gasteiger partial charge on any atom is -0.399 e. The molecular weight excluding hydrogens is 268 g/mol. The highest BCUT2D eigenvalue weighted by Crippen LogP contribution is 2.23. The summed E-state index contributed by atoms with van der Waals surface area (Å²) in [5.41, 5.74) is 8.61. The van der Waals surface area contributed by atoms with E-state index in [1.807, 2.05) is 43.6 Å². The van der Waals surface area contributed by atoms with Crippen LogP contribution in [0.3, 0.4) is 0 Å². The first kappa shape index (κ1) is 12.9. The van der Waals surface area contributed by atoms with Crippen LogP contribution in [0, 0.1) is 6.92 Å². The summed E-state index contributed by atoms with van der Waals surface area (Å²) < 4.78 is 2.14. The summed E-state index contributed by atoms with van der Waals surface area (Å²) >= 11 is 1.70. The quantitative estimate of drug-likeness (QED) is 0.749. The van der Waals surface area contributed by atoms with Crippen molar-refractivity contribution in [2.24, 2.45) is 0 Å². The summed E-state index contributed by atoms with van der Waals surface area (Å²) in [6, 6.07) is 7.83. The molecule has 0 aliphatic heterocycles. The van der Waals surface area contributed by atoms with Gasteiger partial charge in [-0.05, 0) is 19.1 Å². The van der Waals surface area contributed by atoms with Crippen molar-refractivity contribution in [3.8, 4) is 11.3 Å². The third kappa shape index (κ3) is 2.72. The summed E-state index contributed by atoms with van der Waals surface area (Å²) in [6.45, 7) is 2.93. The van der Waals surface area contributed by atoms with E-state index in [-0.39, 0.29) is 0 Å². The Balaban J connectivity index is 1.71. The number of thiazole rings is 1. The Morgan fingerprint density at radius 2 is 2.05 bits per heavy atom. The molecule has 3 rings (SSSR count). The highest BCUT2D eigenvalue weighted by atomic mass is 32.1. The molecule has 0 bridgehead atoms. The molecule has 20 heavy (non-hydrogen) atoms. The Kier molecular flexibility index (Phi) is 3.52. The lowest BCUT2D eigenvalue weighted by molar-refractivity contribution is 0.671. The Morgan fingerprint density at radius 1 is 1.25 bits per heavy atom. The highest BCUT2D eigenvalue weighted by Gasteiger charge is 2.05. The predicted molar refractivity (Wildman–Crippen MR) is 82.6 cm³/mol. The second-order valence-corrected chi connectivity index (χ2v) is 5.61. The van der Waals surface area contributed by atoms with Gasteiger partial charge < -0.3 is 10.3 Å². The van der Waals surface area contributed by atoms with Gasteiger partial charge in [0.1, 0.15) is 5.82 Å². The lowest BCUT2D eigenvalue weighted by atomic mass is 10.1. The van der Waals surface area contributed by atoms with Crippen molar-refractivity contribution in [1.29, 1.82) is 0 Å². The van der Waals surface area contributed by atoms with Crippen LogP contribution in [0.1, 0.15) is 10.8 Å². The fraction of sp³-hybridized carbons (Fsp3) is 0.200. The summed E-state index contributed by atoms with van der Waals surface area (Å²) in [4.78, 5) is 8.91. The van der Waals surface area contributed by atoms with Gasteiger partial charge in [0, 0.05) is 42.0 Å². The smallest absolute Gasteiger partial charge is 0.105 e. The number of anilines is 1. The molecule has 102 valence electrons. The van der Waals surface area contributed by atoms with E-state index in [0.29, 0.717) is 0 Å². The molecule has 2 heterocycles. The second kappa shape index (κ2) is 5.46. The van der Waals surface area contributed by atoms with E-state index in [0.717, 1.165) is 40.7 Å². The molecule has 0 aliphatic carbocycles. The average molecular weight is 284 g/mol. The fourth-order valence-corrected chi connectivity index (χ4v) is 2.86. The van der Waals surface area contributed by atoms with Gasteiger partial charge in [0.25, 0.3) is 0 Å². The number of rotatable bonds is 4. The first-order valence-electron chi connectivity index (χ1n) is 6.50. The third-order valence-corrected chi connectivity index (χ3v) is 4.16. The van der Waals surface area contributed by atoms with Crippen LogP contribution in [0.2, 0.25) is 0 Å². The summed E-state index contributed by atoms with van der Waals surface area (Å²) in [5.74, 6) is 1.04. The SMILES string of the molecule is Cc1nccn1CCc1nc(-c2ccc(N)cc2)cs1. The minimum atomic E-state index is 0.778. The number of nitrogens with zero attached hydrogens (tertiary/aromatic N) is 3. The van der Waals surface area contributed by atoms with E-state index in [1.165, 1.54) is 0 Å². The molecular formula is C15H16N4S. The molecule has 3 aromatic rings. The number of hydrogen-bond acceptors (Lipinski definition) is 4. The molecule has 2 aromatic heterocycles. The maximum atomic E-state index is 5.70. The van der Waals surface area contributed by atoms with Crippen LogP contribution in [-0.4, -0.2) is 14.5 Å². The van der Waals surface area contributed by atoms with Crippen molar-refractivity contribution in [1.82, 2.24) is 14.5 Å². The van der Waals surface area contributed by atoms with Crippen LogP contribution in [0.25, 0.3) is 11.3 Å². The molecule has 0 saturated carbocycles. The number of benzene rings is 1. The van der Waals surface area contributed by atoms with Gasteiger partial charge in [-0.2, -0.15) is 0 Å². The highest BCUT2D eigenvalue weighted by molar-refractivity contribution is 7.09. The third-order valence-electron chi connectivity index (χ3n) is 3.25. The van der Waals surface area contributed by atoms with Crippen LogP contribution in [0.15, 0.2) is 42.0 Å². The number of hydrogen-bond donors (Lipinski definition) is 1. The molecule has 0 amide bonds. The van der Waals surface area contributed by atoms with Crippen molar-refractivity contribution in [3.63, 3.8) is 0 Å². The Bertz CT molecular complexity index is 697. The fourth-order valence-electron chi connectivity index (χ4n) is 2.07. The van der Waals surface area contributed by atoms with E-state index in [1.54, 1.807) is 11.3 Å². The summed E-state index contributed by atoms with van der Waals surface area (Å²) in [7, 11) is 0. The van der Waals surface area contributed by atoms with Crippen molar-refractivity contribution in [3.05, 3.63) is 52.9 Å². The number of nitrogens with two attached hydrogens (primary N) is 1. The van der Waals surface area contributed by atoms with Crippen LogP contribution >= 0.6 is 11.3 Å². The van der Waals surface area contributed by atoms with Crippen LogP contribution in [0.4, 0.5) is 5.69 Å². The molecule has 0 atom stereocenters. The molecule has 5 heteroatoms. The lowest BCUT2D eigenvalue weighted by Crippen LogP contribution is -2.02. The van der Waals surface area contributed by atoms with Gasteiger partial charge >= 0.3 is 0 Å². The van der Waals surface area contributed by atoms with Gasteiger partial charge in [-0.15, -0.1) is 11.3 Å². The maximum absolute atomic E-state index is 5.70. The average Bonchev–Trinajstić information content (AvgIpc) is 3.06. The number of aromatic nitrogens is 3. The summed E-state index contributed by atoms with van der Waals surface area (Å²) in [5, 5.41) is 3.24. The van der Waals surface area contributed by atoms with Crippen molar-refractivity contribution in [2.45, 2.75) is 19.9 Å². The Morgan fingerprint density at radius 3 is 2.75 bits per heavy atom. The van der Waals surface area contributed by atoms with E-state index >= 15 is 0 Å². The minimum absolute atomic E-state index is 0.778. The van der Waals surface area contributed by atoms with Crippen LogP contribution in [0.5, 0.6) is 0 Å². The zero-order chi connectivity index (χ0) is 13.9. The zero-order valence-electron chi connectivity index (χ0n) is 11.3. The van der Waals surface area contributed by atoms with Gasteiger partial charge in [-0.3, -0.25) is 0 Å². The number of imidazole rings is 1. The van der Waals surface area contributed by atoms with Gasteiger partial charge in [0.15, 0.2) is 0 Å². The Hall–Kier alpha value is -2.14. The van der Waals surface area contributed by atoms with Crippen LogP contribution < -0.4 is 5.73 Å².